The number of nitrogens with zero attached hydrogens (tertiary/aromatic N) is 1. The molecule has 1 heterocycles. The number of aliphatic imine (C=N–C) groups is 1. The van der Waals surface area contributed by atoms with Crippen LogP contribution in [-0.2, 0) is 4.79 Å². The molecule has 3 N–H and O–H groups in total. The van der Waals surface area contributed by atoms with Crippen molar-refractivity contribution in [2.75, 3.05) is 19.5 Å². The van der Waals surface area contributed by atoms with Crippen molar-refractivity contribution >= 4 is 22.9 Å². The third-order valence-electron chi connectivity index (χ3n) is 3.21. The van der Waals surface area contributed by atoms with Gasteiger partial charge in [0, 0.05) is 17.0 Å². The number of ether oxygens (including phenoxy) is 1. The molecule has 6 nitrogen and oxygen atoms in total. The first-order valence-electron chi connectivity index (χ1n) is 6.74. The largest absolute Gasteiger partial charge is 0.496 e. The van der Waals surface area contributed by atoms with Gasteiger partial charge in [-0.2, -0.15) is 0 Å². The zero-order valence-corrected chi connectivity index (χ0v) is 13.2. The molecule has 0 fully saturated rings. The summed E-state index contributed by atoms with van der Waals surface area (Å²) in [5.74, 6) is 0.0623. The summed E-state index contributed by atoms with van der Waals surface area (Å²) in [5, 5.41) is 22.0. The molecule has 0 saturated carbocycles. The first-order valence-corrected chi connectivity index (χ1v) is 7.72. The lowest BCUT2D eigenvalue weighted by molar-refractivity contribution is -0.133. The van der Waals surface area contributed by atoms with Crippen LogP contribution < -0.4 is 10.1 Å². The summed E-state index contributed by atoms with van der Waals surface area (Å²) in [6.07, 6.45) is 0. The first-order chi connectivity index (χ1) is 10.6. The molecule has 0 aliphatic carbocycles. The SMILES string of the molecule is COc1ccccc1C1N=C(SCCO)NC(C)=C1C(=O)O. The Hall–Kier alpha value is -1.99. The minimum absolute atomic E-state index is 0.0270. The number of thioether (sulfide) groups is 1. The van der Waals surface area contributed by atoms with Crippen LogP contribution in [0.1, 0.15) is 18.5 Å². The molecular formula is C15H18N2O4S. The number of aliphatic hydroxyl groups is 1. The van der Waals surface area contributed by atoms with E-state index in [4.69, 9.17) is 9.84 Å². The Balaban J connectivity index is 2.47. The Kier molecular flexibility index (Phi) is 5.46. The number of methoxy groups -OCH3 is 1. The topological polar surface area (TPSA) is 91.2 Å². The fraction of sp³-hybridized carbons (Fsp3) is 0.333. The minimum atomic E-state index is -1.02. The van der Waals surface area contributed by atoms with Crippen molar-refractivity contribution in [3.05, 3.63) is 41.1 Å². The number of allylic oxidation sites excluding steroid dienone is 1. The van der Waals surface area contributed by atoms with E-state index in [0.29, 0.717) is 27.9 Å². The predicted octanol–water partition coefficient (Wildman–Crippen LogP) is 1.78. The lowest BCUT2D eigenvalue weighted by Crippen LogP contribution is -2.30. The molecule has 1 aromatic carbocycles. The van der Waals surface area contributed by atoms with E-state index in [2.05, 4.69) is 10.3 Å². The third-order valence-corrected chi connectivity index (χ3v) is 4.08. The Morgan fingerprint density at radius 2 is 2.18 bits per heavy atom. The maximum absolute atomic E-state index is 11.6. The van der Waals surface area contributed by atoms with Gasteiger partial charge in [0.25, 0.3) is 0 Å². The van der Waals surface area contributed by atoms with E-state index in [1.807, 2.05) is 18.2 Å². The monoisotopic (exact) mass is 322 g/mol. The molecule has 1 aromatic rings. The van der Waals surface area contributed by atoms with Gasteiger partial charge in [-0.3, -0.25) is 0 Å². The molecule has 0 spiro atoms. The van der Waals surface area contributed by atoms with Crippen LogP contribution in [0.5, 0.6) is 5.75 Å². The molecule has 118 valence electrons. The number of carboxylic acid groups (broad SMARTS) is 1. The van der Waals surface area contributed by atoms with Gasteiger partial charge >= 0.3 is 5.97 Å². The summed E-state index contributed by atoms with van der Waals surface area (Å²) in [7, 11) is 1.54. The molecule has 0 radical (unpaired) electrons. The van der Waals surface area contributed by atoms with E-state index in [-0.39, 0.29) is 12.2 Å². The van der Waals surface area contributed by atoms with Gasteiger partial charge in [0.2, 0.25) is 0 Å². The highest BCUT2D eigenvalue weighted by Gasteiger charge is 2.30. The fourth-order valence-corrected chi connectivity index (χ4v) is 2.95. The second kappa shape index (κ2) is 7.33. The van der Waals surface area contributed by atoms with Crippen LogP contribution in [-0.4, -0.2) is 40.8 Å². The number of hydrogen-bond donors (Lipinski definition) is 3. The van der Waals surface area contributed by atoms with Gasteiger partial charge in [-0.1, -0.05) is 30.0 Å². The second-order valence-corrected chi connectivity index (χ2v) is 5.70. The number of rotatable bonds is 5. The molecule has 2 rings (SSSR count). The van der Waals surface area contributed by atoms with Crippen LogP contribution in [0.25, 0.3) is 0 Å². The number of carbonyl (C=O) groups is 1. The molecule has 1 unspecified atom stereocenters. The maximum atomic E-state index is 11.6. The molecule has 7 heteroatoms. The molecule has 0 aromatic heterocycles. The van der Waals surface area contributed by atoms with Crippen LogP contribution in [0.4, 0.5) is 0 Å². The Labute approximate surface area is 132 Å². The smallest absolute Gasteiger partial charge is 0.335 e. The van der Waals surface area contributed by atoms with E-state index in [1.165, 1.54) is 11.8 Å². The number of aliphatic carboxylic acids is 1. The molecule has 0 saturated heterocycles. The van der Waals surface area contributed by atoms with E-state index in [0.717, 1.165) is 0 Å². The van der Waals surface area contributed by atoms with Gasteiger partial charge in [-0.05, 0) is 13.0 Å². The molecule has 0 amide bonds. The fourth-order valence-electron chi connectivity index (χ4n) is 2.26. The summed E-state index contributed by atoms with van der Waals surface area (Å²) >= 11 is 1.35. The molecule has 0 bridgehead atoms. The van der Waals surface area contributed by atoms with Crippen LogP contribution >= 0.6 is 11.8 Å². The number of aliphatic hydroxyl groups excluding tert-OH is 1. The minimum Gasteiger partial charge on any atom is -0.496 e. The Bertz CT molecular complexity index is 628. The van der Waals surface area contributed by atoms with Gasteiger partial charge in [0.05, 0.1) is 19.3 Å². The number of carboxylic acids is 1. The second-order valence-electron chi connectivity index (χ2n) is 4.62. The lowest BCUT2D eigenvalue weighted by Gasteiger charge is -2.25. The molecule has 1 aliphatic heterocycles. The summed E-state index contributed by atoms with van der Waals surface area (Å²) in [6.45, 7) is 1.74. The zero-order valence-electron chi connectivity index (χ0n) is 12.4. The molecule has 1 atom stereocenters. The number of hydrogen-bond acceptors (Lipinski definition) is 6. The summed E-state index contributed by atoms with van der Waals surface area (Å²) in [6, 6.07) is 6.60. The van der Waals surface area contributed by atoms with Crippen LogP contribution in [0, 0.1) is 0 Å². The van der Waals surface area contributed by atoms with E-state index >= 15 is 0 Å². The normalized spacial score (nSPS) is 17.8. The molecular weight excluding hydrogens is 304 g/mol. The van der Waals surface area contributed by atoms with Gasteiger partial charge < -0.3 is 20.3 Å². The maximum Gasteiger partial charge on any atom is 0.335 e. The van der Waals surface area contributed by atoms with Gasteiger partial charge in [-0.15, -0.1) is 0 Å². The Morgan fingerprint density at radius 1 is 1.45 bits per heavy atom. The quantitative estimate of drug-likeness (QED) is 0.765. The average molecular weight is 322 g/mol. The van der Waals surface area contributed by atoms with E-state index < -0.39 is 12.0 Å². The zero-order chi connectivity index (χ0) is 16.1. The lowest BCUT2D eigenvalue weighted by atomic mass is 9.96. The van der Waals surface area contributed by atoms with Crippen molar-refractivity contribution in [2.45, 2.75) is 13.0 Å². The van der Waals surface area contributed by atoms with Gasteiger partial charge in [0.15, 0.2) is 5.17 Å². The number of para-hydroxylation sites is 1. The van der Waals surface area contributed by atoms with E-state index in [9.17, 15) is 9.90 Å². The average Bonchev–Trinajstić information content (AvgIpc) is 2.51. The predicted molar refractivity (Wildman–Crippen MR) is 86.2 cm³/mol. The van der Waals surface area contributed by atoms with Crippen molar-refractivity contribution < 1.29 is 19.7 Å². The highest BCUT2D eigenvalue weighted by atomic mass is 32.2. The van der Waals surface area contributed by atoms with Crippen molar-refractivity contribution in [3.8, 4) is 5.75 Å². The van der Waals surface area contributed by atoms with Crippen LogP contribution in [0.15, 0.2) is 40.5 Å². The number of benzene rings is 1. The number of nitrogens with one attached hydrogen (secondary N) is 1. The summed E-state index contributed by atoms with van der Waals surface area (Å²) < 4.78 is 5.33. The van der Waals surface area contributed by atoms with Crippen molar-refractivity contribution in [1.82, 2.24) is 5.32 Å². The van der Waals surface area contributed by atoms with Crippen LogP contribution in [0.2, 0.25) is 0 Å². The summed E-state index contributed by atoms with van der Waals surface area (Å²) in [5.41, 5.74) is 1.43. The third kappa shape index (κ3) is 3.42. The molecule has 22 heavy (non-hydrogen) atoms. The van der Waals surface area contributed by atoms with E-state index in [1.54, 1.807) is 20.1 Å². The standard InChI is InChI=1S/C15H18N2O4S/c1-9-12(14(19)20)13(17-15(16-9)22-8-7-18)10-5-3-4-6-11(10)21-2/h3-6,13,18H,7-8H2,1-2H3,(H,16,17)(H,19,20). The first kappa shape index (κ1) is 16.4. The van der Waals surface area contributed by atoms with Crippen LogP contribution in [0.3, 0.4) is 0 Å². The van der Waals surface area contributed by atoms with Crippen molar-refractivity contribution in [2.24, 2.45) is 4.99 Å². The van der Waals surface area contributed by atoms with Gasteiger partial charge in [-0.25, -0.2) is 9.79 Å². The van der Waals surface area contributed by atoms with Crippen molar-refractivity contribution in [3.63, 3.8) is 0 Å². The molecule has 1 aliphatic rings. The highest BCUT2D eigenvalue weighted by Crippen LogP contribution is 2.36. The highest BCUT2D eigenvalue weighted by molar-refractivity contribution is 8.13. The van der Waals surface area contributed by atoms with Crippen molar-refractivity contribution in [1.29, 1.82) is 0 Å². The number of amidine groups is 1. The Morgan fingerprint density at radius 3 is 2.82 bits per heavy atom. The van der Waals surface area contributed by atoms with Gasteiger partial charge in [0.1, 0.15) is 11.8 Å². The summed E-state index contributed by atoms with van der Waals surface area (Å²) in [4.78, 5) is 16.1.